The molecule has 0 saturated heterocycles. The summed E-state index contributed by atoms with van der Waals surface area (Å²) in [7, 11) is 0. The SMILES string of the molecule is CC(CCC=O)Oc1c(Cl)cc(OCC=C(Cl)Cl)cc1Cl. The summed E-state index contributed by atoms with van der Waals surface area (Å²) in [5, 5.41) is 0.660. The van der Waals surface area contributed by atoms with Crippen LogP contribution in [0.1, 0.15) is 19.8 Å². The van der Waals surface area contributed by atoms with Crippen LogP contribution in [0.15, 0.2) is 22.7 Å². The van der Waals surface area contributed by atoms with Crippen molar-refractivity contribution in [2.75, 3.05) is 6.61 Å². The van der Waals surface area contributed by atoms with Gasteiger partial charge in [-0.05, 0) is 19.4 Å². The molecule has 0 saturated carbocycles. The Balaban J connectivity index is 2.75. The minimum absolute atomic E-state index is 0.121. The summed E-state index contributed by atoms with van der Waals surface area (Å²) >= 11 is 23.2. The molecular formula is C14H14Cl4O3. The van der Waals surface area contributed by atoms with Gasteiger partial charge < -0.3 is 14.3 Å². The number of hydrogen-bond acceptors (Lipinski definition) is 3. The van der Waals surface area contributed by atoms with Crippen molar-refractivity contribution in [3.8, 4) is 11.5 Å². The highest BCUT2D eigenvalue weighted by molar-refractivity contribution is 6.55. The van der Waals surface area contributed by atoms with Crippen LogP contribution in [0.4, 0.5) is 0 Å². The summed E-state index contributed by atoms with van der Waals surface area (Å²) in [6, 6.07) is 3.18. The third kappa shape index (κ3) is 6.79. The van der Waals surface area contributed by atoms with Gasteiger partial charge in [-0.15, -0.1) is 0 Å². The van der Waals surface area contributed by atoms with Crippen molar-refractivity contribution in [2.45, 2.75) is 25.9 Å². The molecule has 1 aromatic rings. The second kappa shape index (κ2) is 9.42. The number of ether oxygens (including phenoxy) is 2. The van der Waals surface area contributed by atoms with Gasteiger partial charge in [0, 0.05) is 18.6 Å². The van der Waals surface area contributed by atoms with Crippen LogP contribution in [0, 0.1) is 0 Å². The van der Waals surface area contributed by atoms with Gasteiger partial charge in [0.1, 0.15) is 23.1 Å². The van der Waals surface area contributed by atoms with Gasteiger partial charge in [-0.2, -0.15) is 0 Å². The zero-order valence-electron chi connectivity index (χ0n) is 11.2. The highest BCUT2D eigenvalue weighted by Gasteiger charge is 2.13. The summed E-state index contributed by atoms with van der Waals surface area (Å²) in [6.07, 6.45) is 3.18. The molecular weight excluding hydrogens is 358 g/mol. The Hall–Kier alpha value is -0.610. The maximum atomic E-state index is 10.3. The van der Waals surface area contributed by atoms with Gasteiger partial charge >= 0.3 is 0 Å². The molecule has 116 valence electrons. The molecule has 0 N–H and O–H groups in total. The normalized spacial score (nSPS) is 11.7. The van der Waals surface area contributed by atoms with Gasteiger partial charge in [-0.1, -0.05) is 46.4 Å². The van der Waals surface area contributed by atoms with Gasteiger partial charge in [0.05, 0.1) is 16.1 Å². The number of rotatable bonds is 8. The van der Waals surface area contributed by atoms with Crippen LogP contribution in [-0.4, -0.2) is 19.0 Å². The molecule has 1 aromatic carbocycles. The van der Waals surface area contributed by atoms with Gasteiger partial charge in [0.15, 0.2) is 5.75 Å². The average Bonchev–Trinajstić information content (AvgIpc) is 2.40. The van der Waals surface area contributed by atoms with Crippen LogP contribution >= 0.6 is 46.4 Å². The maximum Gasteiger partial charge on any atom is 0.157 e. The van der Waals surface area contributed by atoms with E-state index in [4.69, 9.17) is 55.9 Å². The van der Waals surface area contributed by atoms with Crippen molar-refractivity contribution >= 4 is 52.7 Å². The minimum atomic E-state index is -0.171. The molecule has 0 bridgehead atoms. The number of aldehydes is 1. The third-order valence-corrected chi connectivity index (χ3v) is 3.34. The highest BCUT2D eigenvalue weighted by atomic mass is 35.5. The summed E-state index contributed by atoms with van der Waals surface area (Å²) < 4.78 is 11.2. The second-order valence-corrected chi connectivity index (χ2v) is 6.02. The monoisotopic (exact) mass is 370 g/mol. The standard InChI is InChI=1S/C14H14Cl4O3/c1-9(3-2-5-19)21-14-11(15)7-10(8-12(14)16)20-6-4-13(17)18/h4-5,7-9H,2-3,6H2,1H3. The lowest BCUT2D eigenvalue weighted by Crippen LogP contribution is -2.12. The quantitative estimate of drug-likeness (QED) is 0.571. The van der Waals surface area contributed by atoms with Crippen molar-refractivity contribution in [3.05, 3.63) is 32.7 Å². The molecule has 0 aromatic heterocycles. The van der Waals surface area contributed by atoms with E-state index in [1.807, 2.05) is 6.92 Å². The molecule has 0 spiro atoms. The minimum Gasteiger partial charge on any atom is -0.489 e. The fourth-order valence-corrected chi connectivity index (χ4v) is 2.18. The number of hydrogen-bond donors (Lipinski definition) is 0. The molecule has 0 aliphatic carbocycles. The number of carbonyl (C=O) groups excluding carboxylic acids is 1. The van der Waals surface area contributed by atoms with Crippen LogP contribution in [0.5, 0.6) is 11.5 Å². The van der Waals surface area contributed by atoms with Crippen LogP contribution in [0.2, 0.25) is 10.0 Å². The van der Waals surface area contributed by atoms with Crippen LogP contribution in [0.3, 0.4) is 0 Å². The summed E-state index contributed by atoms with van der Waals surface area (Å²) in [4.78, 5) is 10.3. The number of benzene rings is 1. The van der Waals surface area contributed by atoms with Crippen molar-refractivity contribution in [2.24, 2.45) is 0 Å². The van der Waals surface area contributed by atoms with Crippen LogP contribution in [-0.2, 0) is 4.79 Å². The summed E-state index contributed by atoms with van der Waals surface area (Å²) in [5.41, 5.74) is 0. The molecule has 0 heterocycles. The first-order valence-corrected chi connectivity index (χ1v) is 7.68. The molecule has 21 heavy (non-hydrogen) atoms. The van der Waals surface area contributed by atoms with Crippen molar-refractivity contribution < 1.29 is 14.3 Å². The molecule has 1 atom stereocenters. The van der Waals surface area contributed by atoms with Crippen molar-refractivity contribution in [3.63, 3.8) is 0 Å². The molecule has 0 aliphatic rings. The summed E-state index contributed by atoms with van der Waals surface area (Å²) in [5.74, 6) is 0.846. The molecule has 3 nitrogen and oxygen atoms in total. The fourth-order valence-electron chi connectivity index (χ4n) is 1.50. The molecule has 1 unspecified atom stereocenters. The predicted molar refractivity (Wildman–Crippen MR) is 87.1 cm³/mol. The first-order chi connectivity index (χ1) is 9.93. The Morgan fingerprint density at radius 3 is 2.43 bits per heavy atom. The molecule has 0 radical (unpaired) electrons. The lowest BCUT2D eigenvalue weighted by molar-refractivity contribution is -0.108. The van der Waals surface area contributed by atoms with Gasteiger partial charge in [-0.25, -0.2) is 0 Å². The lowest BCUT2D eigenvalue weighted by atomic mass is 10.2. The third-order valence-electron chi connectivity index (χ3n) is 2.47. The van der Waals surface area contributed by atoms with E-state index in [0.717, 1.165) is 6.29 Å². The van der Waals surface area contributed by atoms with E-state index < -0.39 is 0 Å². The van der Waals surface area contributed by atoms with Gasteiger partial charge in [0.25, 0.3) is 0 Å². The zero-order valence-corrected chi connectivity index (χ0v) is 14.3. The number of carbonyl (C=O) groups is 1. The molecule has 7 heteroatoms. The Morgan fingerprint density at radius 2 is 1.90 bits per heavy atom. The topological polar surface area (TPSA) is 35.5 Å². The smallest absolute Gasteiger partial charge is 0.157 e. The molecule has 1 rings (SSSR count). The van der Waals surface area contributed by atoms with E-state index in [0.29, 0.717) is 34.4 Å². The average molecular weight is 372 g/mol. The lowest BCUT2D eigenvalue weighted by Gasteiger charge is -2.17. The van der Waals surface area contributed by atoms with E-state index >= 15 is 0 Å². The fraction of sp³-hybridized carbons (Fsp3) is 0.357. The Bertz CT molecular complexity index is 490. The Kier molecular flexibility index (Phi) is 8.27. The molecule has 0 aliphatic heterocycles. The summed E-state index contributed by atoms with van der Waals surface area (Å²) in [6.45, 7) is 2.04. The van der Waals surface area contributed by atoms with E-state index in [-0.39, 0.29) is 17.2 Å². The van der Waals surface area contributed by atoms with Gasteiger partial charge in [-0.3, -0.25) is 0 Å². The highest BCUT2D eigenvalue weighted by Crippen LogP contribution is 2.37. The van der Waals surface area contributed by atoms with E-state index in [1.165, 1.54) is 6.08 Å². The molecule has 0 fully saturated rings. The van der Waals surface area contributed by atoms with E-state index in [2.05, 4.69) is 0 Å². The van der Waals surface area contributed by atoms with Crippen LogP contribution in [0.25, 0.3) is 0 Å². The van der Waals surface area contributed by atoms with Gasteiger partial charge in [0.2, 0.25) is 0 Å². The first-order valence-electron chi connectivity index (χ1n) is 6.17. The first kappa shape index (κ1) is 18.4. The number of halogens is 4. The largest absolute Gasteiger partial charge is 0.489 e. The Morgan fingerprint density at radius 1 is 1.29 bits per heavy atom. The maximum absolute atomic E-state index is 10.3. The van der Waals surface area contributed by atoms with E-state index in [1.54, 1.807) is 12.1 Å². The zero-order chi connectivity index (χ0) is 15.8. The predicted octanol–water partition coefficient (Wildman–Crippen LogP) is 5.44. The van der Waals surface area contributed by atoms with E-state index in [9.17, 15) is 4.79 Å². The van der Waals surface area contributed by atoms with Crippen molar-refractivity contribution in [1.82, 2.24) is 0 Å². The van der Waals surface area contributed by atoms with Crippen molar-refractivity contribution in [1.29, 1.82) is 0 Å². The molecule has 0 amide bonds. The second-order valence-electron chi connectivity index (χ2n) is 4.19. The Labute approximate surface area is 143 Å². The van der Waals surface area contributed by atoms with Crippen LogP contribution < -0.4 is 9.47 Å².